The number of hydrogen-bond donors (Lipinski definition) is 2. The van der Waals surface area contributed by atoms with Crippen LogP contribution in [0.3, 0.4) is 0 Å². The quantitative estimate of drug-likeness (QED) is 0.513. The highest BCUT2D eigenvalue weighted by atomic mass is 32.2. The summed E-state index contributed by atoms with van der Waals surface area (Å²) in [5.41, 5.74) is 1.30. The molecule has 2 N–H and O–H groups in total. The lowest BCUT2D eigenvalue weighted by Gasteiger charge is -2.26. The summed E-state index contributed by atoms with van der Waals surface area (Å²) in [4.78, 5) is 11.5. The van der Waals surface area contributed by atoms with Crippen LogP contribution >= 0.6 is 0 Å². The fourth-order valence-electron chi connectivity index (χ4n) is 3.25. The number of morpholine rings is 1. The normalized spacial score (nSPS) is 15.4. The van der Waals surface area contributed by atoms with Gasteiger partial charge < -0.3 is 10.1 Å². The number of aryl methyl sites for hydroxylation is 1. The molecule has 0 amide bonds. The number of aromatic nitrogens is 4. The number of sulfonamides is 1. The highest BCUT2D eigenvalue weighted by Crippen LogP contribution is 2.24. The summed E-state index contributed by atoms with van der Waals surface area (Å²) in [6.07, 6.45) is 3.63. The SMILES string of the molecule is Cn1cc(S(=O)(=O)Nc2nc3ccccc3nc2NCCCN2CCOCC2)cn1. The van der Waals surface area contributed by atoms with Crippen LogP contribution in [0.4, 0.5) is 11.6 Å². The first-order valence-electron chi connectivity index (χ1n) is 9.83. The number of para-hydroxylation sites is 2. The molecule has 0 atom stereocenters. The Morgan fingerprint density at radius 2 is 1.80 bits per heavy atom. The van der Waals surface area contributed by atoms with Crippen LogP contribution in [0.1, 0.15) is 6.42 Å². The summed E-state index contributed by atoms with van der Waals surface area (Å²) in [5.74, 6) is 0.576. The van der Waals surface area contributed by atoms with Crippen LogP contribution in [-0.2, 0) is 21.8 Å². The monoisotopic (exact) mass is 431 g/mol. The zero-order chi connectivity index (χ0) is 21.0. The number of nitrogens with zero attached hydrogens (tertiary/aromatic N) is 5. The van der Waals surface area contributed by atoms with E-state index in [1.54, 1.807) is 13.1 Å². The Bertz CT molecular complexity index is 1110. The molecule has 1 aliphatic rings. The molecule has 30 heavy (non-hydrogen) atoms. The minimum atomic E-state index is -3.83. The Morgan fingerprint density at radius 1 is 1.10 bits per heavy atom. The van der Waals surface area contributed by atoms with Gasteiger partial charge in [0.1, 0.15) is 4.90 Å². The first-order valence-corrected chi connectivity index (χ1v) is 11.3. The molecule has 0 aliphatic carbocycles. The number of rotatable bonds is 8. The minimum absolute atomic E-state index is 0.0678. The van der Waals surface area contributed by atoms with Crippen LogP contribution in [0.25, 0.3) is 11.0 Å². The molecule has 160 valence electrons. The van der Waals surface area contributed by atoms with Crippen molar-refractivity contribution >= 4 is 32.7 Å². The van der Waals surface area contributed by atoms with Crippen molar-refractivity contribution in [3.63, 3.8) is 0 Å². The smallest absolute Gasteiger partial charge is 0.266 e. The number of nitrogens with one attached hydrogen (secondary N) is 2. The van der Waals surface area contributed by atoms with E-state index in [0.717, 1.165) is 39.3 Å². The third-order valence-corrected chi connectivity index (χ3v) is 6.13. The predicted octanol–water partition coefficient (Wildman–Crippen LogP) is 1.30. The molecule has 0 saturated carbocycles. The molecule has 3 aromatic rings. The van der Waals surface area contributed by atoms with Gasteiger partial charge in [0.05, 0.1) is 30.4 Å². The van der Waals surface area contributed by atoms with E-state index in [-0.39, 0.29) is 10.7 Å². The molecule has 11 heteroatoms. The summed E-state index contributed by atoms with van der Waals surface area (Å²) >= 11 is 0. The van der Waals surface area contributed by atoms with E-state index in [2.05, 4.69) is 30.0 Å². The second kappa shape index (κ2) is 8.94. The number of benzene rings is 1. The molecule has 0 unspecified atom stereocenters. The highest BCUT2D eigenvalue weighted by molar-refractivity contribution is 7.92. The van der Waals surface area contributed by atoms with Gasteiger partial charge in [-0.15, -0.1) is 0 Å². The Hall–Kier alpha value is -2.76. The molecule has 4 rings (SSSR count). The zero-order valence-electron chi connectivity index (χ0n) is 16.8. The van der Waals surface area contributed by atoms with Crippen LogP contribution in [-0.4, -0.2) is 72.5 Å². The molecule has 1 saturated heterocycles. The summed E-state index contributed by atoms with van der Waals surface area (Å²) < 4.78 is 34.9. The van der Waals surface area contributed by atoms with E-state index in [4.69, 9.17) is 4.74 Å². The highest BCUT2D eigenvalue weighted by Gasteiger charge is 2.20. The molecule has 0 bridgehead atoms. The van der Waals surface area contributed by atoms with Crippen molar-refractivity contribution in [3.05, 3.63) is 36.7 Å². The number of hydrogen-bond acceptors (Lipinski definition) is 8. The predicted molar refractivity (Wildman–Crippen MR) is 114 cm³/mol. The van der Waals surface area contributed by atoms with Gasteiger partial charge in [-0.2, -0.15) is 5.10 Å². The Morgan fingerprint density at radius 3 is 2.47 bits per heavy atom. The lowest BCUT2D eigenvalue weighted by atomic mass is 10.3. The molecule has 1 aliphatic heterocycles. The molecule has 0 spiro atoms. The fourth-order valence-corrected chi connectivity index (χ4v) is 4.24. The van der Waals surface area contributed by atoms with Crippen molar-refractivity contribution in [3.8, 4) is 0 Å². The third kappa shape index (κ3) is 4.86. The second-order valence-electron chi connectivity index (χ2n) is 7.10. The lowest BCUT2D eigenvalue weighted by molar-refractivity contribution is 0.0378. The van der Waals surface area contributed by atoms with E-state index < -0.39 is 10.0 Å². The van der Waals surface area contributed by atoms with Crippen molar-refractivity contribution < 1.29 is 13.2 Å². The van der Waals surface area contributed by atoms with Gasteiger partial charge >= 0.3 is 0 Å². The van der Waals surface area contributed by atoms with Gasteiger partial charge in [0.25, 0.3) is 10.0 Å². The van der Waals surface area contributed by atoms with Gasteiger partial charge in [-0.05, 0) is 25.1 Å². The second-order valence-corrected chi connectivity index (χ2v) is 8.78. The van der Waals surface area contributed by atoms with E-state index in [1.807, 2.05) is 18.2 Å². The minimum Gasteiger partial charge on any atom is -0.379 e. The molecule has 3 heterocycles. The first-order chi connectivity index (χ1) is 14.5. The summed E-state index contributed by atoms with van der Waals surface area (Å²) in [6, 6.07) is 7.36. The zero-order valence-corrected chi connectivity index (χ0v) is 17.6. The van der Waals surface area contributed by atoms with Crippen LogP contribution in [0.2, 0.25) is 0 Å². The van der Waals surface area contributed by atoms with Crippen molar-refractivity contribution in [1.29, 1.82) is 0 Å². The van der Waals surface area contributed by atoms with Crippen molar-refractivity contribution in [2.24, 2.45) is 7.05 Å². The van der Waals surface area contributed by atoms with Crippen molar-refractivity contribution in [2.75, 3.05) is 49.4 Å². The van der Waals surface area contributed by atoms with Crippen LogP contribution in [0, 0.1) is 0 Å². The Kier molecular flexibility index (Phi) is 6.11. The van der Waals surface area contributed by atoms with Crippen LogP contribution in [0.5, 0.6) is 0 Å². The summed E-state index contributed by atoms with van der Waals surface area (Å²) in [5, 5.41) is 7.18. The molecule has 1 fully saturated rings. The molecular formula is C19H25N7O3S. The maximum atomic E-state index is 12.8. The topological polar surface area (TPSA) is 114 Å². The number of ether oxygens (including phenoxy) is 1. The van der Waals surface area contributed by atoms with Crippen molar-refractivity contribution in [1.82, 2.24) is 24.6 Å². The summed E-state index contributed by atoms with van der Waals surface area (Å²) in [6.45, 7) is 4.99. The number of anilines is 2. The maximum Gasteiger partial charge on any atom is 0.266 e. The standard InChI is InChI=1S/C19H25N7O3S/c1-25-14-15(13-21-25)30(27,28)24-19-18(22-16-5-2-3-6-17(16)23-19)20-7-4-8-26-9-11-29-12-10-26/h2-3,5-6,13-14H,4,7-12H2,1H3,(H,20,22)(H,23,24). The molecule has 0 radical (unpaired) electrons. The van der Waals surface area contributed by atoms with E-state index in [1.165, 1.54) is 17.1 Å². The van der Waals surface area contributed by atoms with Gasteiger partial charge in [0.2, 0.25) is 0 Å². The number of fused-ring (bicyclic) bond motifs is 1. The van der Waals surface area contributed by atoms with E-state index in [9.17, 15) is 8.42 Å². The Balaban J connectivity index is 1.51. The van der Waals surface area contributed by atoms with E-state index in [0.29, 0.717) is 23.4 Å². The van der Waals surface area contributed by atoms with Gasteiger partial charge in [-0.3, -0.25) is 14.3 Å². The largest absolute Gasteiger partial charge is 0.379 e. The molecule has 10 nitrogen and oxygen atoms in total. The molecule has 1 aromatic carbocycles. The average molecular weight is 432 g/mol. The van der Waals surface area contributed by atoms with Crippen LogP contribution in [0.15, 0.2) is 41.6 Å². The first kappa shape index (κ1) is 20.5. The maximum absolute atomic E-state index is 12.8. The van der Waals surface area contributed by atoms with Crippen molar-refractivity contribution in [2.45, 2.75) is 11.3 Å². The third-order valence-electron chi connectivity index (χ3n) is 4.84. The van der Waals surface area contributed by atoms with E-state index >= 15 is 0 Å². The van der Waals surface area contributed by atoms with Gasteiger partial charge in [-0.25, -0.2) is 18.4 Å². The van der Waals surface area contributed by atoms with Gasteiger partial charge in [-0.1, -0.05) is 12.1 Å². The Labute approximate surface area is 175 Å². The van der Waals surface area contributed by atoms with Crippen LogP contribution < -0.4 is 10.0 Å². The molecule has 2 aromatic heterocycles. The van der Waals surface area contributed by atoms with Gasteiger partial charge in [0.15, 0.2) is 11.6 Å². The fraction of sp³-hybridized carbons (Fsp3) is 0.421. The van der Waals surface area contributed by atoms with Gasteiger partial charge in [0, 0.05) is 32.9 Å². The lowest BCUT2D eigenvalue weighted by Crippen LogP contribution is -2.37. The summed E-state index contributed by atoms with van der Waals surface area (Å²) in [7, 11) is -2.17. The molecular weight excluding hydrogens is 406 g/mol. The average Bonchev–Trinajstić information content (AvgIpc) is 3.19.